The number of esters is 1. The van der Waals surface area contributed by atoms with Crippen LogP contribution in [0.2, 0.25) is 0 Å². The van der Waals surface area contributed by atoms with E-state index in [9.17, 15) is 19.2 Å². The van der Waals surface area contributed by atoms with Gasteiger partial charge in [-0.2, -0.15) is 0 Å². The van der Waals surface area contributed by atoms with E-state index in [0.717, 1.165) is 19.3 Å². The molecule has 10 heteroatoms. The van der Waals surface area contributed by atoms with Crippen molar-refractivity contribution in [3.8, 4) is 5.75 Å². The van der Waals surface area contributed by atoms with Crippen molar-refractivity contribution in [2.45, 2.75) is 52.1 Å². The fraction of sp³-hybridized carbons (Fsp3) is 0.600. The van der Waals surface area contributed by atoms with Crippen molar-refractivity contribution in [3.63, 3.8) is 0 Å². The molecule has 2 atom stereocenters. The number of ether oxygens (including phenoxy) is 3. The summed E-state index contributed by atoms with van der Waals surface area (Å²) in [4.78, 5) is 54.0. The molecule has 2 aliphatic rings. The number of amides is 3. The summed E-state index contributed by atoms with van der Waals surface area (Å²) in [5.74, 6) is -0.513. The molecule has 0 bridgehead atoms. The van der Waals surface area contributed by atoms with Gasteiger partial charge in [-0.25, -0.2) is 9.59 Å². The van der Waals surface area contributed by atoms with Crippen LogP contribution in [0.15, 0.2) is 24.3 Å². The summed E-state index contributed by atoms with van der Waals surface area (Å²) < 4.78 is 15.8. The lowest BCUT2D eigenvalue weighted by Gasteiger charge is -2.38. The van der Waals surface area contributed by atoms with E-state index in [4.69, 9.17) is 14.2 Å². The zero-order chi connectivity index (χ0) is 25.4. The minimum Gasteiger partial charge on any atom is -0.484 e. The van der Waals surface area contributed by atoms with Crippen molar-refractivity contribution in [3.05, 3.63) is 29.8 Å². The molecule has 0 aliphatic carbocycles. The third-order valence-corrected chi connectivity index (χ3v) is 6.42. The molecule has 2 saturated heterocycles. The highest BCUT2D eigenvalue weighted by Gasteiger charge is 2.29. The monoisotopic (exact) mass is 489 g/mol. The molecule has 0 spiro atoms. The van der Waals surface area contributed by atoms with Crippen LogP contribution in [0.4, 0.5) is 4.79 Å². The summed E-state index contributed by atoms with van der Waals surface area (Å²) in [7, 11) is 0. The summed E-state index contributed by atoms with van der Waals surface area (Å²) >= 11 is 0. The molecular weight excluding hydrogens is 454 g/mol. The van der Waals surface area contributed by atoms with Crippen molar-refractivity contribution < 1.29 is 33.4 Å². The normalized spacial score (nSPS) is 20.3. The average molecular weight is 490 g/mol. The van der Waals surface area contributed by atoms with E-state index in [2.05, 4.69) is 13.8 Å². The fourth-order valence-corrected chi connectivity index (χ4v) is 4.47. The third-order valence-electron chi connectivity index (χ3n) is 6.42. The van der Waals surface area contributed by atoms with Gasteiger partial charge >= 0.3 is 12.1 Å². The average Bonchev–Trinajstić information content (AvgIpc) is 2.86. The zero-order valence-electron chi connectivity index (χ0n) is 20.7. The van der Waals surface area contributed by atoms with E-state index < -0.39 is 12.1 Å². The van der Waals surface area contributed by atoms with Crippen LogP contribution in [0.3, 0.4) is 0 Å². The lowest BCUT2D eigenvalue weighted by molar-refractivity contribution is -0.139. The molecule has 0 radical (unpaired) electrons. The van der Waals surface area contributed by atoms with Gasteiger partial charge in [-0.15, -0.1) is 0 Å². The quantitative estimate of drug-likeness (QED) is 0.541. The molecule has 10 nitrogen and oxygen atoms in total. The molecule has 2 heterocycles. The van der Waals surface area contributed by atoms with Crippen LogP contribution in [-0.4, -0.2) is 96.7 Å². The van der Waals surface area contributed by atoms with E-state index >= 15 is 0 Å². The topological polar surface area (TPSA) is 106 Å². The molecule has 0 saturated carbocycles. The van der Waals surface area contributed by atoms with Gasteiger partial charge in [0.25, 0.3) is 11.8 Å². The molecule has 1 aromatic rings. The van der Waals surface area contributed by atoms with Crippen LogP contribution < -0.4 is 4.74 Å². The smallest absolute Gasteiger partial charge is 0.409 e. The third kappa shape index (κ3) is 7.10. The number of nitrogens with zero attached hydrogens (tertiary/aromatic N) is 3. The van der Waals surface area contributed by atoms with Crippen molar-refractivity contribution >= 4 is 23.9 Å². The predicted octanol–water partition coefficient (Wildman–Crippen LogP) is 2.31. The van der Waals surface area contributed by atoms with Crippen LogP contribution in [-0.2, 0) is 19.1 Å². The SMILES string of the molecule is CCOC(=O)N1CCN(C(=O)COC(=O)c2ccc(OCC(=O)N3[C@H](C)CCC[C@@H]3C)cc2)CC1. The van der Waals surface area contributed by atoms with Gasteiger partial charge in [-0.1, -0.05) is 0 Å². The predicted molar refractivity (Wildman–Crippen MR) is 127 cm³/mol. The molecule has 192 valence electrons. The second kappa shape index (κ2) is 12.4. The van der Waals surface area contributed by atoms with Gasteiger partial charge < -0.3 is 28.9 Å². The Labute approximate surface area is 206 Å². The zero-order valence-corrected chi connectivity index (χ0v) is 20.7. The van der Waals surface area contributed by atoms with Crippen LogP contribution in [0.1, 0.15) is 50.4 Å². The maximum atomic E-state index is 12.6. The van der Waals surface area contributed by atoms with Crippen LogP contribution in [0, 0.1) is 0 Å². The maximum absolute atomic E-state index is 12.6. The molecule has 3 amide bonds. The summed E-state index contributed by atoms with van der Waals surface area (Å²) in [6, 6.07) is 6.69. The minimum atomic E-state index is -0.623. The van der Waals surface area contributed by atoms with Crippen LogP contribution >= 0.6 is 0 Å². The number of rotatable bonds is 7. The molecule has 2 fully saturated rings. The molecular formula is C25H35N3O7. The molecule has 0 unspecified atom stereocenters. The molecule has 1 aromatic carbocycles. The molecule has 0 N–H and O–H groups in total. The summed E-state index contributed by atoms with van der Waals surface area (Å²) in [5.41, 5.74) is 0.280. The first-order valence-electron chi connectivity index (χ1n) is 12.2. The van der Waals surface area contributed by atoms with Gasteiger partial charge in [0.05, 0.1) is 12.2 Å². The number of piperidine rings is 1. The van der Waals surface area contributed by atoms with Gasteiger partial charge in [0.1, 0.15) is 5.75 Å². The first-order valence-corrected chi connectivity index (χ1v) is 12.2. The first-order chi connectivity index (χ1) is 16.8. The minimum absolute atomic E-state index is 0.0465. The van der Waals surface area contributed by atoms with Crippen molar-refractivity contribution in [1.29, 1.82) is 0 Å². The second-order valence-corrected chi connectivity index (χ2v) is 8.89. The van der Waals surface area contributed by atoms with E-state index in [1.807, 2.05) is 4.90 Å². The van der Waals surface area contributed by atoms with Gasteiger partial charge in [0.2, 0.25) is 0 Å². The lowest BCUT2D eigenvalue weighted by Crippen LogP contribution is -2.51. The van der Waals surface area contributed by atoms with Gasteiger partial charge in [-0.3, -0.25) is 9.59 Å². The van der Waals surface area contributed by atoms with E-state index in [0.29, 0.717) is 38.5 Å². The van der Waals surface area contributed by atoms with E-state index in [-0.39, 0.29) is 42.7 Å². The van der Waals surface area contributed by atoms with E-state index in [1.165, 1.54) is 12.1 Å². The Bertz CT molecular complexity index is 887. The van der Waals surface area contributed by atoms with Crippen LogP contribution in [0.5, 0.6) is 5.75 Å². The lowest BCUT2D eigenvalue weighted by atomic mass is 9.97. The number of piperazine rings is 1. The maximum Gasteiger partial charge on any atom is 0.409 e. The van der Waals surface area contributed by atoms with Gasteiger partial charge in [-0.05, 0) is 64.3 Å². The molecule has 0 aromatic heterocycles. The van der Waals surface area contributed by atoms with Crippen molar-refractivity contribution in [1.82, 2.24) is 14.7 Å². The highest BCUT2D eigenvalue weighted by molar-refractivity contribution is 5.91. The number of likely N-dealkylation sites (tertiary alicyclic amines) is 1. The Morgan fingerprint density at radius 1 is 0.829 bits per heavy atom. The number of carbonyl (C=O) groups excluding carboxylic acids is 4. The van der Waals surface area contributed by atoms with Gasteiger partial charge in [0, 0.05) is 38.3 Å². The van der Waals surface area contributed by atoms with Crippen molar-refractivity contribution in [2.24, 2.45) is 0 Å². The van der Waals surface area contributed by atoms with Crippen LogP contribution in [0.25, 0.3) is 0 Å². The highest BCUT2D eigenvalue weighted by atomic mass is 16.6. The Balaban J connectivity index is 1.41. The summed E-state index contributed by atoms with van der Waals surface area (Å²) in [5, 5.41) is 0. The number of hydrogen-bond acceptors (Lipinski definition) is 7. The largest absolute Gasteiger partial charge is 0.484 e. The summed E-state index contributed by atoms with van der Waals surface area (Å²) in [6.45, 7) is 7.18. The number of carbonyl (C=O) groups is 4. The first kappa shape index (κ1) is 26.3. The van der Waals surface area contributed by atoms with Crippen molar-refractivity contribution in [2.75, 3.05) is 46.0 Å². The van der Waals surface area contributed by atoms with Gasteiger partial charge in [0.15, 0.2) is 13.2 Å². The van der Waals surface area contributed by atoms with E-state index in [1.54, 1.807) is 28.9 Å². The number of benzene rings is 1. The molecule has 35 heavy (non-hydrogen) atoms. The standard InChI is InChI=1S/C25H35N3O7/c1-4-33-25(32)27-14-12-26(13-15-27)22(29)16-35-24(31)20-8-10-21(11-9-20)34-17-23(30)28-18(2)6-5-7-19(28)3/h8-11,18-19H,4-7,12-17H2,1-3H3/t18-,19+. The Kier molecular flexibility index (Phi) is 9.33. The highest BCUT2D eigenvalue weighted by Crippen LogP contribution is 2.23. The fourth-order valence-electron chi connectivity index (χ4n) is 4.47. The Hall–Kier alpha value is -3.30. The second-order valence-electron chi connectivity index (χ2n) is 8.89. The number of hydrogen-bond donors (Lipinski definition) is 0. The molecule has 3 rings (SSSR count). The molecule has 2 aliphatic heterocycles. The summed E-state index contributed by atoms with van der Waals surface area (Å²) in [6.07, 6.45) is 2.74. The Morgan fingerprint density at radius 3 is 2.03 bits per heavy atom. The Morgan fingerprint density at radius 2 is 1.43 bits per heavy atom.